The summed E-state index contributed by atoms with van der Waals surface area (Å²) >= 11 is 1.68. The topological polar surface area (TPSA) is 56.7 Å². The molecule has 0 aromatic carbocycles. The molecular weight excluding hydrogens is 310 g/mol. The third kappa shape index (κ3) is 2.71. The lowest BCUT2D eigenvalue weighted by molar-refractivity contribution is -0.149. The summed E-state index contributed by atoms with van der Waals surface area (Å²) in [6.07, 6.45) is 5.12. The van der Waals surface area contributed by atoms with Gasteiger partial charge in [0.05, 0.1) is 12.0 Å². The van der Waals surface area contributed by atoms with E-state index in [-0.39, 0.29) is 5.92 Å². The van der Waals surface area contributed by atoms with Gasteiger partial charge in [-0.1, -0.05) is 12.8 Å². The summed E-state index contributed by atoms with van der Waals surface area (Å²) in [5.41, 5.74) is 0.499. The summed E-state index contributed by atoms with van der Waals surface area (Å²) in [5.74, 6) is -0.331. The zero-order valence-electron chi connectivity index (χ0n) is 13.7. The van der Waals surface area contributed by atoms with Gasteiger partial charge in [-0.05, 0) is 19.8 Å². The molecule has 1 saturated carbocycles. The molecule has 0 radical (unpaired) electrons. The van der Waals surface area contributed by atoms with Crippen LogP contribution >= 0.6 is 11.3 Å². The molecule has 3 fully saturated rings. The van der Waals surface area contributed by atoms with Crippen molar-refractivity contribution in [3.63, 3.8) is 0 Å². The maximum atomic E-state index is 12.1. The van der Waals surface area contributed by atoms with Crippen LogP contribution in [-0.4, -0.2) is 58.1 Å². The third-order valence-electron chi connectivity index (χ3n) is 6.00. The van der Waals surface area contributed by atoms with E-state index in [1.807, 2.05) is 6.92 Å². The van der Waals surface area contributed by atoms with Crippen LogP contribution in [-0.2, 0) is 11.3 Å². The number of likely N-dealkylation sites (tertiary alicyclic amines) is 2. The highest BCUT2D eigenvalue weighted by molar-refractivity contribution is 7.09. The minimum Gasteiger partial charge on any atom is -0.481 e. The van der Waals surface area contributed by atoms with Crippen molar-refractivity contribution in [2.24, 2.45) is 11.3 Å². The number of hydrogen-bond donors (Lipinski definition) is 1. The summed E-state index contributed by atoms with van der Waals surface area (Å²) in [4.78, 5) is 21.4. The van der Waals surface area contributed by atoms with Crippen LogP contribution in [0.25, 0.3) is 0 Å². The maximum absolute atomic E-state index is 12.1. The normalized spacial score (nSPS) is 32.7. The van der Waals surface area contributed by atoms with Crippen molar-refractivity contribution < 1.29 is 9.90 Å². The molecule has 2 atom stereocenters. The van der Waals surface area contributed by atoms with Crippen molar-refractivity contribution in [2.45, 2.75) is 45.2 Å². The molecule has 2 aliphatic heterocycles. The first-order chi connectivity index (χ1) is 11.1. The Bertz CT molecular complexity index is 598. The molecule has 3 aliphatic rings. The lowest BCUT2D eigenvalue weighted by Crippen LogP contribution is -2.42. The van der Waals surface area contributed by atoms with Gasteiger partial charge >= 0.3 is 5.97 Å². The first kappa shape index (κ1) is 15.5. The summed E-state index contributed by atoms with van der Waals surface area (Å²) in [7, 11) is 0. The van der Waals surface area contributed by atoms with Crippen LogP contribution in [0, 0.1) is 18.3 Å². The van der Waals surface area contributed by atoms with Crippen LogP contribution in [0.2, 0.25) is 0 Å². The highest BCUT2D eigenvalue weighted by atomic mass is 32.1. The fourth-order valence-corrected chi connectivity index (χ4v) is 5.66. The molecule has 23 heavy (non-hydrogen) atoms. The molecule has 0 bridgehead atoms. The van der Waals surface area contributed by atoms with E-state index < -0.39 is 11.4 Å². The van der Waals surface area contributed by atoms with Gasteiger partial charge in [-0.15, -0.1) is 11.3 Å². The predicted octanol–water partition coefficient (Wildman–Crippen LogP) is 2.21. The van der Waals surface area contributed by atoms with Crippen LogP contribution in [0.4, 0.5) is 0 Å². The standard InChI is InChI=1S/C17H25N3O2S/c1-12-9-23-15(18-12)8-19-6-13-7-20(14-4-2-3-5-14)11-17(13,10-19)16(21)22/h9,13-14H,2-8,10-11H2,1H3,(H,21,22)/t13-,17-/m0/s1. The molecule has 6 heteroatoms. The molecule has 1 aromatic heterocycles. The van der Waals surface area contributed by atoms with E-state index in [0.717, 1.165) is 36.9 Å². The Labute approximate surface area is 141 Å². The molecule has 0 spiro atoms. The second-order valence-electron chi connectivity index (χ2n) is 7.58. The zero-order valence-corrected chi connectivity index (χ0v) is 14.5. The van der Waals surface area contributed by atoms with Crippen molar-refractivity contribution in [2.75, 3.05) is 26.2 Å². The minimum atomic E-state index is -0.596. The summed E-state index contributed by atoms with van der Waals surface area (Å²) < 4.78 is 0. The van der Waals surface area contributed by atoms with Gasteiger partial charge in [0.25, 0.3) is 0 Å². The number of carboxylic acid groups (broad SMARTS) is 1. The molecule has 1 aromatic rings. The van der Waals surface area contributed by atoms with Crippen LogP contribution in [0.15, 0.2) is 5.38 Å². The van der Waals surface area contributed by atoms with Gasteiger partial charge in [-0.3, -0.25) is 14.6 Å². The Hall–Kier alpha value is -0.980. The Balaban J connectivity index is 1.47. The van der Waals surface area contributed by atoms with Crippen molar-refractivity contribution in [3.8, 4) is 0 Å². The number of carboxylic acids is 1. The van der Waals surface area contributed by atoms with Crippen molar-refractivity contribution >= 4 is 17.3 Å². The van der Waals surface area contributed by atoms with Crippen LogP contribution in [0.1, 0.15) is 36.4 Å². The minimum absolute atomic E-state index is 0.265. The van der Waals surface area contributed by atoms with Crippen LogP contribution < -0.4 is 0 Å². The van der Waals surface area contributed by atoms with Crippen LogP contribution in [0.3, 0.4) is 0 Å². The van der Waals surface area contributed by atoms with Gasteiger partial charge in [-0.2, -0.15) is 0 Å². The van der Waals surface area contributed by atoms with Gasteiger partial charge in [0.1, 0.15) is 5.01 Å². The Kier molecular flexibility index (Phi) is 3.94. The summed E-state index contributed by atoms with van der Waals surface area (Å²) in [6.45, 7) is 6.09. The van der Waals surface area contributed by atoms with E-state index >= 15 is 0 Å². The number of thiazole rings is 1. The number of carbonyl (C=O) groups is 1. The van der Waals surface area contributed by atoms with Crippen molar-refractivity contribution in [1.82, 2.24) is 14.8 Å². The molecule has 126 valence electrons. The molecule has 1 N–H and O–H groups in total. The Morgan fingerprint density at radius 3 is 2.78 bits per heavy atom. The lowest BCUT2D eigenvalue weighted by atomic mass is 9.81. The number of aryl methyl sites for hydroxylation is 1. The summed E-state index contributed by atoms with van der Waals surface area (Å²) in [6, 6.07) is 0.631. The van der Waals surface area contributed by atoms with E-state index in [4.69, 9.17) is 0 Å². The van der Waals surface area contributed by atoms with Gasteiger partial charge in [-0.25, -0.2) is 4.98 Å². The fraction of sp³-hybridized carbons (Fsp3) is 0.765. The molecule has 0 unspecified atom stereocenters. The average molecular weight is 335 g/mol. The van der Waals surface area contributed by atoms with E-state index in [9.17, 15) is 9.90 Å². The molecular formula is C17H25N3O2S. The van der Waals surface area contributed by atoms with E-state index in [1.54, 1.807) is 11.3 Å². The largest absolute Gasteiger partial charge is 0.481 e. The molecule has 4 rings (SSSR count). The molecule has 2 saturated heterocycles. The monoisotopic (exact) mass is 335 g/mol. The molecule has 1 aliphatic carbocycles. The Morgan fingerprint density at radius 1 is 1.39 bits per heavy atom. The number of aromatic nitrogens is 1. The van der Waals surface area contributed by atoms with Crippen LogP contribution in [0.5, 0.6) is 0 Å². The predicted molar refractivity (Wildman–Crippen MR) is 89.5 cm³/mol. The molecule has 0 amide bonds. The maximum Gasteiger partial charge on any atom is 0.312 e. The first-order valence-electron chi connectivity index (χ1n) is 8.68. The molecule has 3 heterocycles. The van der Waals surface area contributed by atoms with Gasteiger partial charge in [0.2, 0.25) is 0 Å². The average Bonchev–Trinajstić information content (AvgIpc) is 3.21. The second-order valence-corrected chi connectivity index (χ2v) is 8.52. The number of hydrogen-bond acceptors (Lipinski definition) is 5. The fourth-order valence-electron chi connectivity index (χ4n) is 4.85. The van der Waals surface area contributed by atoms with Gasteiger partial charge in [0.15, 0.2) is 0 Å². The van der Waals surface area contributed by atoms with E-state index in [1.165, 1.54) is 25.7 Å². The summed E-state index contributed by atoms with van der Waals surface area (Å²) in [5, 5.41) is 13.1. The van der Waals surface area contributed by atoms with E-state index in [0.29, 0.717) is 12.6 Å². The first-order valence-corrected chi connectivity index (χ1v) is 9.55. The lowest BCUT2D eigenvalue weighted by Gasteiger charge is -2.28. The quantitative estimate of drug-likeness (QED) is 0.914. The smallest absolute Gasteiger partial charge is 0.312 e. The van der Waals surface area contributed by atoms with Gasteiger partial charge < -0.3 is 5.11 Å². The highest BCUT2D eigenvalue weighted by Crippen LogP contribution is 2.45. The highest BCUT2D eigenvalue weighted by Gasteiger charge is 2.58. The second kappa shape index (κ2) is 5.83. The van der Waals surface area contributed by atoms with Crippen molar-refractivity contribution in [1.29, 1.82) is 0 Å². The van der Waals surface area contributed by atoms with Crippen molar-refractivity contribution in [3.05, 3.63) is 16.1 Å². The zero-order chi connectivity index (χ0) is 16.0. The van der Waals surface area contributed by atoms with Gasteiger partial charge in [0, 0.05) is 49.2 Å². The number of rotatable bonds is 4. The molecule has 5 nitrogen and oxygen atoms in total. The number of nitrogens with zero attached hydrogens (tertiary/aromatic N) is 3. The SMILES string of the molecule is Cc1csc(CN2C[C@H]3CN(C4CCCC4)C[C@@]3(C(=O)O)C2)n1. The number of fused-ring (bicyclic) bond motifs is 1. The third-order valence-corrected chi connectivity index (χ3v) is 6.95. The number of aliphatic carboxylic acids is 1. The van der Waals surface area contributed by atoms with E-state index in [2.05, 4.69) is 20.2 Å². The Morgan fingerprint density at radius 2 is 2.17 bits per heavy atom.